The molecule has 1 amide bonds. The van der Waals surface area contributed by atoms with Crippen LogP contribution in [0.4, 0.5) is 5.69 Å². The van der Waals surface area contributed by atoms with E-state index in [1.165, 1.54) is 0 Å². The number of para-hydroxylation sites is 2. The van der Waals surface area contributed by atoms with Crippen LogP contribution in [0.1, 0.15) is 19.4 Å². The van der Waals surface area contributed by atoms with Gasteiger partial charge in [-0.3, -0.25) is 4.79 Å². The van der Waals surface area contributed by atoms with Crippen molar-refractivity contribution >= 4 is 23.4 Å². The fourth-order valence-corrected chi connectivity index (χ4v) is 2.78. The highest BCUT2D eigenvalue weighted by molar-refractivity contribution is 7.99. The van der Waals surface area contributed by atoms with Gasteiger partial charge in [0.1, 0.15) is 5.75 Å². The third kappa shape index (κ3) is 4.28. The number of carbonyl (C=O) groups is 1. The molecule has 2 aromatic carbocycles. The lowest BCUT2D eigenvalue weighted by Gasteiger charge is -2.17. The summed E-state index contributed by atoms with van der Waals surface area (Å²) in [5, 5.41) is 2.95. The van der Waals surface area contributed by atoms with E-state index < -0.39 is 6.10 Å². The molecule has 0 saturated carbocycles. The van der Waals surface area contributed by atoms with E-state index in [0.717, 1.165) is 27.6 Å². The van der Waals surface area contributed by atoms with Crippen molar-refractivity contribution in [2.45, 2.75) is 31.8 Å². The second kappa shape index (κ2) is 7.90. The van der Waals surface area contributed by atoms with Gasteiger partial charge in [-0.25, -0.2) is 0 Å². The van der Waals surface area contributed by atoms with Crippen molar-refractivity contribution in [2.24, 2.45) is 0 Å². The summed E-state index contributed by atoms with van der Waals surface area (Å²) in [5.74, 6) is 1.55. The Labute approximate surface area is 136 Å². The number of thioether (sulfide) groups is 1. The molecule has 0 aliphatic rings. The number of ether oxygens (including phenoxy) is 1. The minimum atomic E-state index is -0.555. The number of rotatable bonds is 6. The van der Waals surface area contributed by atoms with Crippen LogP contribution in [0.3, 0.4) is 0 Å². The van der Waals surface area contributed by atoms with Gasteiger partial charge in [0.15, 0.2) is 6.10 Å². The molecule has 0 spiro atoms. The second-order valence-corrected chi connectivity index (χ2v) is 6.25. The smallest absolute Gasteiger partial charge is 0.265 e. The number of nitrogens with one attached hydrogen (secondary N) is 1. The highest BCUT2D eigenvalue weighted by Crippen LogP contribution is 2.27. The fraction of sp³-hybridized carbons (Fsp3) is 0.278. The first-order chi connectivity index (χ1) is 10.6. The Morgan fingerprint density at radius 2 is 1.86 bits per heavy atom. The van der Waals surface area contributed by atoms with E-state index in [2.05, 4.69) is 12.2 Å². The SMILES string of the molecule is CCSc1ccccc1NC(=O)[C@@H](C)Oc1ccccc1C. The third-order valence-electron chi connectivity index (χ3n) is 3.21. The molecule has 0 unspecified atom stereocenters. The zero-order valence-electron chi connectivity index (χ0n) is 13.1. The van der Waals surface area contributed by atoms with Gasteiger partial charge in [-0.2, -0.15) is 0 Å². The first kappa shape index (κ1) is 16.4. The van der Waals surface area contributed by atoms with E-state index >= 15 is 0 Å². The standard InChI is InChI=1S/C18H21NO2S/c1-4-22-17-12-8-6-10-15(17)19-18(20)14(3)21-16-11-7-5-9-13(16)2/h5-12,14H,4H2,1-3H3,(H,19,20)/t14-/m1/s1. The van der Waals surface area contributed by atoms with Crippen LogP contribution >= 0.6 is 11.8 Å². The molecule has 0 saturated heterocycles. The van der Waals surface area contributed by atoms with Gasteiger partial charge in [-0.15, -0.1) is 11.8 Å². The van der Waals surface area contributed by atoms with Gasteiger partial charge in [-0.1, -0.05) is 37.3 Å². The molecule has 4 heteroatoms. The molecule has 0 aliphatic heterocycles. The summed E-state index contributed by atoms with van der Waals surface area (Å²) in [6, 6.07) is 15.5. The topological polar surface area (TPSA) is 38.3 Å². The van der Waals surface area contributed by atoms with Crippen molar-refractivity contribution in [1.29, 1.82) is 0 Å². The molecule has 116 valence electrons. The Kier molecular flexibility index (Phi) is 5.90. The minimum Gasteiger partial charge on any atom is -0.481 e. The van der Waals surface area contributed by atoms with Crippen LogP contribution in [0.25, 0.3) is 0 Å². The summed E-state index contributed by atoms with van der Waals surface area (Å²) in [6.45, 7) is 5.82. The monoisotopic (exact) mass is 315 g/mol. The maximum absolute atomic E-state index is 12.3. The Bertz CT molecular complexity index is 642. The first-order valence-corrected chi connectivity index (χ1v) is 8.35. The Morgan fingerprint density at radius 1 is 1.18 bits per heavy atom. The number of anilines is 1. The number of aryl methyl sites for hydroxylation is 1. The maximum atomic E-state index is 12.3. The van der Waals surface area contributed by atoms with Crippen LogP contribution in [0.2, 0.25) is 0 Å². The molecule has 0 heterocycles. The zero-order chi connectivity index (χ0) is 15.9. The van der Waals surface area contributed by atoms with Gasteiger partial charge in [0.25, 0.3) is 5.91 Å². The summed E-state index contributed by atoms with van der Waals surface area (Å²) in [7, 11) is 0. The Morgan fingerprint density at radius 3 is 2.59 bits per heavy atom. The van der Waals surface area contributed by atoms with E-state index in [4.69, 9.17) is 4.74 Å². The molecular weight excluding hydrogens is 294 g/mol. The van der Waals surface area contributed by atoms with Gasteiger partial charge in [0.05, 0.1) is 5.69 Å². The molecular formula is C18H21NO2S. The molecule has 2 aromatic rings. The van der Waals surface area contributed by atoms with Crippen LogP contribution in [-0.2, 0) is 4.79 Å². The van der Waals surface area contributed by atoms with Crippen LogP contribution in [-0.4, -0.2) is 17.8 Å². The third-order valence-corrected chi connectivity index (χ3v) is 4.17. The van der Waals surface area contributed by atoms with Crippen LogP contribution in [0.15, 0.2) is 53.4 Å². The lowest BCUT2D eigenvalue weighted by molar-refractivity contribution is -0.122. The van der Waals surface area contributed by atoms with Crippen LogP contribution in [0, 0.1) is 6.92 Å². The predicted octanol–water partition coefficient (Wildman–Crippen LogP) is 4.51. The Hall–Kier alpha value is -1.94. The van der Waals surface area contributed by atoms with E-state index in [1.54, 1.807) is 18.7 Å². The molecule has 3 nitrogen and oxygen atoms in total. The van der Waals surface area contributed by atoms with E-state index in [1.807, 2.05) is 55.5 Å². The first-order valence-electron chi connectivity index (χ1n) is 7.36. The van der Waals surface area contributed by atoms with Gasteiger partial charge >= 0.3 is 0 Å². The number of amides is 1. The average molecular weight is 315 g/mol. The number of carbonyl (C=O) groups excluding carboxylic acids is 1. The number of hydrogen-bond donors (Lipinski definition) is 1. The van der Waals surface area contributed by atoms with Crippen molar-refractivity contribution < 1.29 is 9.53 Å². The van der Waals surface area contributed by atoms with Crippen LogP contribution < -0.4 is 10.1 Å². The lowest BCUT2D eigenvalue weighted by atomic mass is 10.2. The molecule has 22 heavy (non-hydrogen) atoms. The highest BCUT2D eigenvalue weighted by atomic mass is 32.2. The van der Waals surface area contributed by atoms with Crippen molar-refractivity contribution in [3.63, 3.8) is 0 Å². The van der Waals surface area contributed by atoms with Crippen molar-refractivity contribution in [3.05, 3.63) is 54.1 Å². The second-order valence-electron chi connectivity index (χ2n) is 4.94. The van der Waals surface area contributed by atoms with Crippen LogP contribution in [0.5, 0.6) is 5.75 Å². The summed E-state index contributed by atoms with van der Waals surface area (Å²) in [5.41, 5.74) is 1.85. The quantitative estimate of drug-likeness (QED) is 0.797. The van der Waals surface area contributed by atoms with Crippen molar-refractivity contribution in [3.8, 4) is 5.75 Å². The number of benzene rings is 2. The molecule has 1 atom stereocenters. The molecule has 0 aliphatic carbocycles. The van der Waals surface area contributed by atoms with Crippen molar-refractivity contribution in [2.75, 3.05) is 11.1 Å². The van der Waals surface area contributed by atoms with E-state index in [-0.39, 0.29) is 5.91 Å². The maximum Gasteiger partial charge on any atom is 0.265 e. The fourth-order valence-electron chi connectivity index (χ4n) is 2.02. The molecule has 2 rings (SSSR count). The molecule has 0 radical (unpaired) electrons. The lowest BCUT2D eigenvalue weighted by Crippen LogP contribution is -2.30. The van der Waals surface area contributed by atoms with Gasteiger partial charge < -0.3 is 10.1 Å². The Balaban J connectivity index is 2.04. The van der Waals surface area contributed by atoms with E-state index in [9.17, 15) is 4.79 Å². The largest absolute Gasteiger partial charge is 0.481 e. The zero-order valence-corrected chi connectivity index (χ0v) is 13.9. The highest BCUT2D eigenvalue weighted by Gasteiger charge is 2.16. The molecule has 1 N–H and O–H groups in total. The minimum absolute atomic E-state index is 0.146. The summed E-state index contributed by atoms with van der Waals surface area (Å²) in [4.78, 5) is 13.4. The number of hydrogen-bond acceptors (Lipinski definition) is 3. The van der Waals surface area contributed by atoms with Gasteiger partial charge in [0, 0.05) is 4.90 Å². The normalized spacial score (nSPS) is 11.8. The van der Waals surface area contributed by atoms with Crippen molar-refractivity contribution in [1.82, 2.24) is 0 Å². The summed E-state index contributed by atoms with van der Waals surface area (Å²) >= 11 is 1.71. The van der Waals surface area contributed by atoms with E-state index in [0.29, 0.717) is 0 Å². The summed E-state index contributed by atoms with van der Waals surface area (Å²) < 4.78 is 5.76. The molecule has 0 fully saturated rings. The predicted molar refractivity (Wildman–Crippen MR) is 92.7 cm³/mol. The molecule has 0 aromatic heterocycles. The average Bonchev–Trinajstić information content (AvgIpc) is 2.51. The van der Waals surface area contributed by atoms with Gasteiger partial charge in [0.2, 0.25) is 0 Å². The van der Waals surface area contributed by atoms with Gasteiger partial charge in [-0.05, 0) is 43.4 Å². The summed E-state index contributed by atoms with van der Waals surface area (Å²) in [6.07, 6.45) is -0.555. The molecule has 0 bridgehead atoms.